The highest BCUT2D eigenvalue weighted by Gasteiger charge is 2.19. The first kappa shape index (κ1) is 18.3. The van der Waals surface area contributed by atoms with Crippen molar-refractivity contribution in [1.29, 1.82) is 0 Å². The maximum atomic E-state index is 13.0. The van der Waals surface area contributed by atoms with E-state index in [9.17, 15) is 4.79 Å². The van der Waals surface area contributed by atoms with Crippen LogP contribution in [0.2, 0.25) is 0 Å². The Bertz CT molecular complexity index is 977. The summed E-state index contributed by atoms with van der Waals surface area (Å²) in [7, 11) is 1.83. The fourth-order valence-electron chi connectivity index (χ4n) is 3.74. The molecule has 0 fully saturated rings. The standard InChI is InChI=1S/C22H25N5O/c1-15-11-12-19(24-23-15)16-7-6-8-17(13-16)22(28)27(2)14-21-18-9-4-3-5-10-20(18)25-26-21/h6-8,11-13H,3-5,9-10,14H2,1-2H3,(H,25,26). The summed E-state index contributed by atoms with van der Waals surface area (Å²) in [6.45, 7) is 2.42. The molecule has 0 atom stereocenters. The number of carbonyl (C=O) groups excluding carboxylic acids is 1. The lowest BCUT2D eigenvalue weighted by Crippen LogP contribution is -2.26. The van der Waals surface area contributed by atoms with E-state index in [1.807, 2.05) is 50.4 Å². The van der Waals surface area contributed by atoms with E-state index in [4.69, 9.17) is 0 Å². The second kappa shape index (κ2) is 7.92. The van der Waals surface area contributed by atoms with Crippen LogP contribution in [0, 0.1) is 6.92 Å². The Labute approximate surface area is 165 Å². The summed E-state index contributed by atoms with van der Waals surface area (Å²) in [6, 6.07) is 11.4. The number of rotatable bonds is 4. The van der Waals surface area contributed by atoms with Gasteiger partial charge in [-0.05, 0) is 62.4 Å². The maximum Gasteiger partial charge on any atom is 0.253 e. The molecule has 3 aromatic rings. The van der Waals surface area contributed by atoms with Crippen molar-refractivity contribution >= 4 is 5.91 Å². The molecular formula is C22H25N5O. The molecule has 4 rings (SSSR count). The van der Waals surface area contributed by atoms with Crippen molar-refractivity contribution in [3.63, 3.8) is 0 Å². The molecule has 1 aromatic carbocycles. The van der Waals surface area contributed by atoms with Crippen molar-refractivity contribution in [3.05, 3.63) is 64.6 Å². The van der Waals surface area contributed by atoms with Crippen LogP contribution in [-0.4, -0.2) is 38.2 Å². The van der Waals surface area contributed by atoms with Gasteiger partial charge >= 0.3 is 0 Å². The first-order valence-electron chi connectivity index (χ1n) is 9.83. The molecule has 2 heterocycles. The number of aromatic amines is 1. The fourth-order valence-corrected chi connectivity index (χ4v) is 3.74. The molecule has 0 unspecified atom stereocenters. The van der Waals surface area contributed by atoms with E-state index >= 15 is 0 Å². The minimum absolute atomic E-state index is 0.0210. The highest BCUT2D eigenvalue weighted by atomic mass is 16.2. The Morgan fingerprint density at radius 1 is 1.11 bits per heavy atom. The molecular weight excluding hydrogens is 350 g/mol. The summed E-state index contributed by atoms with van der Waals surface area (Å²) in [6.07, 6.45) is 5.75. The minimum Gasteiger partial charge on any atom is -0.336 e. The highest BCUT2D eigenvalue weighted by molar-refractivity contribution is 5.95. The molecule has 0 saturated carbocycles. The monoisotopic (exact) mass is 375 g/mol. The van der Waals surface area contributed by atoms with Gasteiger partial charge in [0, 0.05) is 23.9 Å². The molecule has 0 radical (unpaired) electrons. The van der Waals surface area contributed by atoms with Gasteiger partial charge in [-0.15, -0.1) is 0 Å². The molecule has 144 valence electrons. The quantitative estimate of drug-likeness (QED) is 0.705. The highest BCUT2D eigenvalue weighted by Crippen LogP contribution is 2.23. The largest absolute Gasteiger partial charge is 0.336 e. The lowest BCUT2D eigenvalue weighted by Gasteiger charge is -2.17. The zero-order valence-corrected chi connectivity index (χ0v) is 16.4. The molecule has 2 aromatic heterocycles. The summed E-state index contributed by atoms with van der Waals surface area (Å²) in [5.41, 5.74) is 6.71. The summed E-state index contributed by atoms with van der Waals surface area (Å²) < 4.78 is 0. The number of carbonyl (C=O) groups is 1. The Morgan fingerprint density at radius 3 is 2.79 bits per heavy atom. The summed E-state index contributed by atoms with van der Waals surface area (Å²) in [4.78, 5) is 14.7. The lowest BCUT2D eigenvalue weighted by molar-refractivity contribution is 0.0783. The first-order valence-corrected chi connectivity index (χ1v) is 9.83. The molecule has 6 heteroatoms. The molecule has 1 amide bonds. The molecule has 0 aliphatic heterocycles. The smallest absolute Gasteiger partial charge is 0.253 e. The van der Waals surface area contributed by atoms with Gasteiger partial charge in [-0.1, -0.05) is 18.6 Å². The third-order valence-corrected chi connectivity index (χ3v) is 5.33. The Balaban J connectivity index is 1.52. The van der Waals surface area contributed by atoms with Crippen LogP contribution in [0.15, 0.2) is 36.4 Å². The number of H-pyrrole nitrogens is 1. The average Bonchev–Trinajstić information content (AvgIpc) is 2.94. The molecule has 0 saturated heterocycles. The van der Waals surface area contributed by atoms with Crippen molar-refractivity contribution < 1.29 is 4.79 Å². The van der Waals surface area contributed by atoms with E-state index in [0.717, 1.165) is 35.5 Å². The van der Waals surface area contributed by atoms with Gasteiger partial charge in [0.25, 0.3) is 5.91 Å². The summed E-state index contributed by atoms with van der Waals surface area (Å²) in [5, 5.41) is 16.0. The van der Waals surface area contributed by atoms with Gasteiger partial charge in [-0.25, -0.2) is 0 Å². The van der Waals surface area contributed by atoms with Crippen molar-refractivity contribution in [2.75, 3.05) is 7.05 Å². The van der Waals surface area contributed by atoms with Crippen LogP contribution in [0.4, 0.5) is 0 Å². The molecule has 1 N–H and O–H groups in total. The number of nitrogens with one attached hydrogen (secondary N) is 1. The molecule has 1 aliphatic carbocycles. The van der Waals surface area contributed by atoms with Crippen molar-refractivity contribution in [3.8, 4) is 11.3 Å². The number of aromatic nitrogens is 4. The molecule has 6 nitrogen and oxygen atoms in total. The van der Waals surface area contributed by atoms with E-state index in [1.165, 1.54) is 30.5 Å². The summed E-state index contributed by atoms with van der Waals surface area (Å²) >= 11 is 0. The van der Waals surface area contributed by atoms with Gasteiger partial charge in [0.2, 0.25) is 0 Å². The van der Waals surface area contributed by atoms with Crippen LogP contribution in [-0.2, 0) is 19.4 Å². The number of hydrogen-bond donors (Lipinski definition) is 1. The Kier molecular flexibility index (Phi) is 5.19. The zero-order chi connectivity index (χ0) is 19.5. The van der Waals surface area contributed by atoms with Crippen LogP contribution in [0.1, 0.15) is 52.3 Å². The second-order valence-electron chi connectivity index (χ2n) is 7.49. The molecule has 0 spiro atoms. The third kappa shape index (κ3) is 3.81. The number of nitrogens with zero attached hydrogens (tertiary/aromatic N) is 4. The van der Waals surface area contributed by atoms with E-state index < -0.39 is 0 Å². The van der Waals surface area contributed by atoms with Crippen LogP contribution >= 0.6 is 0 Å². The molecule has 28 heavy (non-hydrogen) atoms. The Hall–Kier alpha value is -3.02. The van der Waals surface area contributed by atoms with E-state index in [1.54, 1.807) is 4.90 Å². The van der Waals surface area contributed by atoms with Gasteiger partial charge in [0.1, 0.15) is 0 Å². The van der Waals surface area contributed by atoms with Crippen LogP contribution in [0.3, 0.4) is 0 Å². The number of hydrogen-bond acceptors (Lipinski definition) is 4. The molecule has 1 aliphatic rings. The predicted octanol–water partition coefficient (Wildman–Crippen LogP) is 3.72. The maximum absolute atomic E-state index is 13.0. The number of fused-ring (bicyclic) bond motifs is 1. The van der Waals surface area contributed by atoms with E-state index in [2.05, 4.69) is 20.4 Å². The van der Waals surface area contributed by atoms with Crippen molar-refractivity contribution in [2.24, 2.45) is 0 Å². The van der Waals surface area contributed by atoms with Gasteiger partial charge < -0.3 is 4.90 Å². The van der Waals surface area contributed by atoms with Crippen LogP contribution < -0.4 is 0 Å². The van der Waals surface area contributed by atoms with Crippen LogP contribution in [0.5, 0.6) is 0 Å². The van der Waals surface area contributed by atoms with Gasteiger partial charge in [-0.2, -0.15) is 15.3 Å². The second-order valence-corrected chi connectivity index (χ2v) is 7.49. The van der Waals surface area contributed by atoms with Crippen LogP contribution in [0.25, 0.3) is 11.3 Å². The SMILES string of the molecule is Cc1ccc(-c2cccc(C(=O)N(C)Cc3n[nH]c4c3CCCCC4)c2)nn1. The van der Waals surface area contributed by atoms with Gasteiger partial charge in [-0.3, -0.25) is 9.89 Å². The predicted molar refractivity (Wildman–Crippen MR) is 108 cm³/mol. The minimum atomic E-state index is -0.0210. The molecule has 0 bridgehead atoms. The van der Waals surface area contributed by atoms with E-state index in [-0.39, 0.29) is 5.91 Å². The average molecular weight is 375 g/mol. The number of amides is 1. The number of aryl methyl sites for hydroxylation is 2. The Morgan fingerprint density at radius 2 is 1.96 bits per heavy atom. The topological polar surface area (TPSA) is 74.8 Å². The van der Waals surface area contributed by atoms with Gasteiger partial charge in [0.05, 0.1) is 23.6 Å². The van der Waals surface area contributed by atoms with Crippen molar-refractivity contribution in [2.45, 2.75) is 45.6 Å². The normalized spacial score (nSPS) is 13.6. The third-order valence-electron chi connectivity index (χ3n) is 5.33. The van der Waals surface area contributed by atoms with Crippen molar-refractivity contribution in [1.82, 2.24) is 25.3 Å². The van der Waals surface area contributed by atoms with Gasteiger partial charge in [0.15, 0.2) is 0 Å². The number of benzene rings is 1. The first-order chi connectivity index (χ1) is 13.6. The zero-order valence-electron chi connectivity index (χ0n) is 16.4. The van der Waals surface area contributed by atoms with E-state index in [0.29, 0.717) is 12.1 Å². The lowest BCUT2D eigenvalue weighted by atomic mass is 10.1. The fraction of sp³-hybridized carbons (Fsp3) is 0.364. The summed E-state index contributed by atoms with van der Waals surface area (Å²) in [5.74, 6) is -0.0210.